The first kappa shape index (κ1) is 23.0. The lowest BCUT2D eigenvalue weighted by Crippen LogP contribution is -2.41. The van der Waals surface area contributed by atoms with Crippen LogP contribution in [0.2, 0.25) is 0 Å². The van der Waals surface area contributed by atoms with Gasteiger partial charge < -0.3 is 25.2 Å². The van der Waals surface area contributed by atoms with Crippen molar-refractivity contribution >= 4 is 17.8 Å². The molecule has 0 heterocycles. The fourth-order valence-electron chi connectivity index (χ4n) is 2.17. The minimum absolute atomic E-state index is 0.128. The van der Waals surface area contributed by atoms with Crippen LogP contribution in [0.15, 0.2) is 36.5 Å². The van der Waals surface area contributed by atoms with Gasteiger partial charge in [0.15, 0.2) is 5.78 Å². The Labute approximate surface area is 164 Å². The number of rotatable bonds is 8. The molecular weight excluding hydrogens is 364 g/mol. The molecule has 0 spiro atoms. The van der Waals surface area contributed by atoms with Gasteiger partial charge in [-0.05, 0) is 51.5 Å². The summed E-state index contributed by atoms with van der Waals surface area (Å²) >= 11 is 0. The van der Waals surface area contributed by atoms with Crippen LogP contribution in [0, 0.1) is 0 Å². The molecule has 8 heteroatoms. The fraction of sp³-hybridized carbons (Fsp3) is 0.450. The molecule has 0 fully saturated rings. The maximum absolute atomic E-state index is 12.1. The molecule has 0 aliphatic rings. The number of hydrogen-bond donors (Lipinski definition) is 3. The molecule has 0 aromatic heterocycles. The predicted octanol–water partition coefficient (Wildman–Crippen LogP) is 2.06. The van der Waals surface area contributed by atoms with Crippen molar-refractivity contribution in [3.8, 4) is 5.75 Å². The maximum Gasteiger partial charge on any atom is 0.408 e. The first-order chi connectivity index (χ1) is 13.0. The van der Waals surface area contributed by atoms with E-state index < -0.39 is 29.7 Å². The van der Waals surface area contributed by atoms with Crippen molar-refractivity contribution in [3.05, 3.63) is 42.1 Å². The average Bonchev–Trinajstić information content (AvgIpc) is 2.60. The summed E-state index contributed by atoms with van der Waals surface area (Å²) in [5.41, 5.74) is 0.145. The van der Waals surface area contributed by atoms with Gasteiger partial charge in [-0.15, -0.1) is 0 Å². The Morgan fingerprint density at radius 2 is 1.79 bits per heavy atom. The van der Waals surface area contributed by atoms with Crippen molar-refractivity contribution < 1.29 is 29.0 Å². The summed E-state index contributed by atoms with van der Waals surface area (Å²) in [5.74, 6) is -0.736. The molecule has 1 amide bonds. The second kappa shape index (κ2) is 10.3. The number of methoxy groups -OCH3 is 1. The molecular formula is C20H28N2O6. The topological polar surface area (TPSA) is 114 Å². The molecule has 0 saturated heterocycles. The van der Waals surface area contributed by atoms with Crippen molar-refractivity contribution in [2.24, 2.45) is 0 Å². The van der Waals surface area contributed by atoms with Gasteiger partial charge in [0.25, 0.3) is 0 Å². The van der Waals surface area contributed by atoms with Gasteiger partial charge in [0.05, 0.1) is 13.2 Å². The molecule has 154 valence electrons. The third kappa shape index (κ3) is 8.57. The van der Waals surface area contributed by atoms with E-state index in [0.29, 0.717) is 6.42 Å². The number of phenols is 1. The standard InChI is InChI=1S/C20H28N2O6/c1-13(22-19(26)28-20(2,3)4)17(24)10-11-21-16(18(25)27-5)12-14-6-8-15(23)9-7-14/h6-11,13,16,21,23H,12H2,1-5H3,(H,22,26)/b11-10-/t13-,16-/m0/s1. The number of hydrogen-bond acceptors (Lipinski definition) is 7. The Morgan fingerprint density at radius 3 is 2.32 bits per heavy atom. The van der Waals surface area contributed by atoms with Crippen LogP contribution >= 0.6 is 0 Å². The zero-order valence-electron chi connectivity index (χ0n) is 16.8. The number of carbonyl (C=O) groups excluding carboxylic acids is 3. The second-order valence-corrected chi connectivity index (χ2v) is 7.22. The number of ketones is 1. The average molecular weight is 392 g/mol. The molecule has 1 aromatic carbocycles. The number of amides is 1. The smallest absolute Gasteiger partial charge is 0.408 e. The van der Waals surface area contributed by atoms with Gasteiger partial charge in [-0.1, -0.05) is 12.1 Å². The van der Waals surface area contributed by atoms with Crippen molar-refractivity contribution in [2.75, 3.05) is 7.11 Å². The highest BCUT2D eigenvalue weighted by atomic mass is 16.6. The van der Waals surface area contributed by atoms with Gasteiger partial charge in [-0.3, -0.25) is 4.79 Å². The number of phenolic OH excluding ortho intramolecular Hbond substituents is 1. The van der Waals surface area contributed by atoms with E-state index in [9.17, 15) is 19.5 Å². The zero-order valence-corrected chi connectivity index (χ0v) is 16.8. The molecule has 0 unspecified atom stereocenters. The monoisotopic (exact) mass is 392 g/mol. The lowest BCUT2D eigenvalue weighted by molar-refractivity contribution is -0.142. The highest BCUT2D eigenvalue weighted by molar-refractivity contribution is 5.95. The molecule has 2 atom stereocenters. The summed E-state index contributed by atoms with van der Waals surface area (Å²) in [6.45, 7) is 6.71. The number of esters is 1. The molecule has 0 aliphatic heterocycles. The Morgan fingerprint density at radius 1 is 1.18 bits per heavy atom. The second-order valence-electron chi connectivity index (χ2n) is 7.22. The van der Waals surface area contributed by atoms with E-state index in [1.807, 2.05) is 0 Å². The minimum atomic E-state index is -0.790. The van der Waals surface area contributed by atoms with E-state index in [0.717, 1.165) is 5.56 Å². The van der Waals surface area contributed by atoms with Crippen LogP contribution in [0.4, 0.5) is 4.79 Å². The number of benzene rings is 1. The molecule has 1 aromatic rings. The lowest BCUT2D eigenvalue weighted by atomic mass is 10.1. The van der Waals surface area contributed by atoms with Crippen LogP contribution in [-0.4, -0.2) is 47.7 Å². The van der Waals surface area contributed by atoms with Gasteiger partial charge in [-0.2, -0.15) is 0 Å². The van der Waals surface area contributed by atoms with E-state index in [2.05, 4.69) is 10.6 Å². The zero-order chi connectivity index (χ0) is 21.3. The summed E-state index contributed by atoms with van der Waals surface area (Å²) in [7, 11) is 1.27. The van der Waals surface area contributed by atoms with Crippen LogP contribution in [0.3, 0.4) is 0 Å². The Balaban J connectivity index is 2.63. The lowest BCUT2D eigenvalue weighted by Gasteiger charge is -2.21. The highest BCUT2D eigenvalue weighted by Gasteiger charge is 2.21. The van der Waals surface area contributed by atoms with Crippen LogP contribution < -0.4 is 10.6 Å². The minimum Gasteiger partial charge on any atom is -0.508 e. The number of aromatic hydroxyl groups is 1. The molecule has 0 saturated carbocycles. The van der Waals surface area contributed by atoms with Crippen LogP contribution in [0.25, 0.3) is 0 Å². The number of carbonyl (C=O) groups is 3. The van der Waals surface area contributed by atoms with E-state index in [-0.39, 0.29) is 11.5 Å². The first-order valence-corrected chi connectivity index (χ1v) is 8.83. The summed E-state index contributed by atoms with van der Waals surface area (Å²) in [4.78, 5) is 35.8. The van der Waals surface area contributed by atoms with Crippen LogP contribution in [0.1, 0.15) is 33.3 Å². The fourth-order valence-corrected chi connectivity index (χ4v) is 2.17. The summed E-state index contributed by atoms with van der Waals surface area (Å²) in [6, 6.07) is 4.91. The van der Waals surface area contributed by atoms with Gasteiger partial charge in [0.2, 0.25) is 0 Å². The SMILES string of the molecule is COC(=O)[C@H](Cc1ccc(O)cc1)N/C=C\C(=O)[C@H](C)NC(=O)OC(C)(C)C. The summed E-state index contributed by atoms with van der Waals surface area (Å²) in [6.07, 6.45) is 2.19. The molecule has 0 bridgehead atoms. The van der Waals surface area contributed by atoms with Crippen molar-refractivity contribution in [1.82, 2.24) is 10.6 Å². The third-order valence-electron chi connectivity index (χ3n) is 3.57. The predicted molar refractivity (Wildman–Crippen MR) is 104 cm³/mol. The van der Waals surface area contributed by atoms with Crippen molar-refractivity contribution in [1.29, 1.82) is 0 Å². The van der Waals surface area contributed by atoms with Gasteiger partial charge in [-0.25, -0.2) is 9.59 Å². The van der Waals surface area contributed by atoms with Gasteiger partial charge in [0, 0.05) is 12.6 Å². The summed E-state index contributed by atoms with van der Waals surface area (Å²) < 4.78 is 9.87. The highest BCUT2D eigenvalue weighted by Crippen LogP contribution is 2.12. The van der Waals surface area contributed by atoms with Crippen LogP contribution in [0.5, 0.6) is 5.75 Å². The molecule has 1 rings (SSSR count). The number of alkyl carbamates (subject to hydrolysis) is 1. The quantitative estimate of drug-likeness (QED) is 0.458. The molecule has 3 N–H and O–H groups in total. The Bertz CT molecular complexity index is 706. The third-order valence-corrected chi connectivity index (χ3v) is 3.57. The molecule has 0 aliphatic carbocycles. The number of ether oxygens (including phenoxy) is 2. The Kier molecular flexibility index (Phi) is 8.50. The van der Waals surface area contributed by atoms with E-state index in [4.69, 9.17) is 9.47 Å². The molecule has 28 heavy (non-hydrogen) atoms. The van der Waals surface area contributed by atoms with Crippen molar-refractivity contribution in [2.45, 2.75) is 51.8 Å². The van der Waals surface area contributed by atoms with E-state index >= 15 is 0 Å². The first-order valence-electron chi connectivity index (χ1n) is 8.83. The molecule has 8 nitrogen and oxygen atoms in total. The van der Waals surface area contributed by atoms with Crippen molar-refractivity contribution in [3.63, 3.8) is 0 Å². The molecule has 0 radical (unpaired) electrons. The van der Waals surface area contributed by atoms with E-state index in [1.54, 1.807) is 32.9 Å². The van der Waals surface area contributed by atoms with E-state index in [1.165, 1.54) is 38.4 Å². The summed E-state index contributed by atoms with van der Waals surface area (Å²) in [5, 5.41) is 14.6. The van der Waals surface area contributed by atoms with Gasteiger partial charge in [0.1, 0.15) is 17.4 Å². The Hall–Kier alpha value is -3.03. The normalized spacial score (nSPS) is 13.5. The largest absolute Gasteiger partial charge is 0.508 e. The number of nitrogens with one attached hydrogen (secondary N) is 2. The van der Waals surface area contributed by atoms with Crippen LogP contribution in [-0.2, 0) is 25.5 Å². The van der Waals surface area contributed by atoms with Gasteiger partial charge >= 0.3 is 12.1 Å². The maximum atomic E-state index is 12.1.